The predicted octanol–water partition coefficient (Wildman–Crippen LogP) is 3.38. The summed E-state index contributed by atoms with van der Waals surface area (Å²) in [5.41, 5.74) is 3.14. The first-order chi connectivity index (χ1) is 14.1. The normalized spacial score (nSPS) is 20.2. The molecule has 29 heavy (non-hydrogen) atoms. The molecule has 2 atom stereocenters. The van der Waals surface area contributed by atoms with Crippen LogP contribution in [-0.2, 0) is 6.54 Å². The topological polar surface area (TPSA) is 64.7 Å². The maximum Gasteiger partial charge on any atom is 0.289 e. The number of carbonyl (C=O) groups is 1. The van der Waals surface area contributed by atoms with Crippen molar-refractivity contribution in [1.29, 1.82) is 0 Å². The number of piperidine rings is 1. The number of amides is 1. The number of hydrogen-bond acceptors (Lipinski definition) is 4. The van der Waals surface area contributed by atoms with Crippen LogP contribution < -0.4 is 10.3 Å². The number of methoxy groups -OCH3 is 1. The lowest BCUT2D eigenvalue weighted by Gasteiger charge is -2.43. The number of nitrogens with zero attached hydrogens (tertiary/aromatic N) is 2. The molecule has 4 heterocycles. The van der Waals surface area contributed by atoms with Crippen molar-refractivity contribution in [3.63, 3.8) is 0 Å². The van der Waals surface area contributed by atoms with Crippen molar-refractivity contribution in [2.75, 3.05) is 20.2 Å². The van der Waals surface area contributed by atoms with Gasteiger partial charge in [-0.25, -0.2) is 0 Å². The molecule has 1 saturated heterocycles. The Labute approximate surface area is 168 Å². The summed E-state index contributed by atoms with van der Waals surface area (Å²) in [5.74, 6) is 1.47. The van der Waals surface area contributed by atoms with Crippen LogP contribution in [-0.4, -0.2) is 35.6 Å². The Kier molecular flexibility index (Phi) is 4.27. The van der Waals surface area contributed by atoms with Crippen molar-refractivity contribution in [2.24, 2.45) is 5.92 Å². The SMILES string of the molecule is COc1ccc(-c2ccc(=O)n3c2[C@H]2C[C@@H](CN(C(=O)c4ccco4)C2)C3)cc1. The van der Waals surface area contributed by atoms with E-state index in [-0.39, 0.29) is 23.3 Å². The van der Waals surface area contributed by atoms with Crippen LogP contribution in [0.4, 0.5) is 0 Å². The second-order valence-electron chi connectivity index (χ2n) is 7.80. The maximum absolute atomic E-state index is 12.8. The molecule has 5 rings (SSSR count). The number of ether oxygens (including phenoxy) is 1. The zero-order valence-electron chi connectivity index (χ0n) is 16.2. The lowest BCUT2D eigenvalue weighted by Crippen LogP contribution is -2.49. The summed E-state index contributed by atoms with van der Waals surface area (Å²) in [5, 5.41) is 0. The minimum Gasteiger partial charge on any atom is -0.497 e. The van der Waals surface area contributed by atoms with Gasteiger partial charge in [-0.1, -0.05) is 12.1 Å². The highest BCUT2D eigenvalue weighted by atomic mass is 16.5. The van der Waals surface area contributed by atoms with Gasteiger partial charge in [-0.2, -0.15) is 0 Å². The van der Waals surface area contributed by atoms with Gasteiger partial charge < -0.3 is 18.6 Å². The molecule has 0 aliphatic carbocycles. The lowest BCUT2D eigenvalue weighted by molar-refractivity contribution is 0.0564. The predicted molar refractivity (Wildman–Crippen MR) is 108 cm³/mol. The van der Waals surface area contributed by atoms with E-state index in [1.165, 1.54) is 6.26 Å². The van der Waals surface area contributed by atoms with Gasteiger partial charge in [0, 0.05) is 42.9 Å². The number of benzene rings is 1. The Bertz CT molecular complexity index is 1100. The van der Waals surface area contributed by atoms with Crippen LogP contribution in [0.3, 0.4) is 0 Å². The Morgan fingerprint density at radius 2 is 1.90 bits per heavy atom. The van der Waals surface area contributed by atoms with E-state index < -0.39 is 0 Å². The molecule has 2 bridgehead atoms. The summed E-state index contributed by atoms with van der Waals surface area (Å²) in [6, 6.07) is 14.9. The van der Waals surface area contributed by atoms with Gasteiger partial charge >= 0.3 is 0 Å². The van der Waals surface area contributed by atoms with Crippen LogP contribution in [0.1, 0.15) is 28.6 Å². The molecule has 1 fully saturated rings. The van der Waals surface area contributed by atoms with E-state index in [1.54, 1.807) is 25.3 Å². The van der Waals surface area contributed by atoms with Crippen molar-refractivity contribution in [3.8, 4) is 16.9 Å². The number of aromatic nitrogens is 1. The zero-order chi connectivity index (χ0) is 20.0. The molecule has 2 aliphatic heterocycles. The molecule has 0 spiro atoms. The van der Waals surface area contributed by atoms with Gasteiger partial charge in [-0.3, -0.25) is 9.59 Å². The fourth-order valence-electron chi connectivity index (χ4n) is 4.75. The number of likely N-dealkylation sites (tertiary alicyclic amines) is 1. The molecule has 1 aromatic carbocycles. The average molecular weight is 390 g/mol. The third-order valence-electron chi connectivity index (χ3n) is 6.01. The highest BCUT2D eigenvalue weighted by Gasteiger charge is 2.38. The highest BCUT2D eigenvalue weighted by molar-refractivity contribution is 5.91. The van der Waals surface area contributed by atoms with Crippen LogP contribution in [0.25, 0.3) is 11.1 Å². The van der Waals surface area contributed by atoms with Crippen molar-refractivity contribution < 1.29 is 13.9 Å². The molecule has 0 unspecified atom stereocenters. The number of hydrogen-bond donors (Lipinski definition) is 0. The minimum absolute atomic E-state index is 0.0257. The van der Waals surface area contributed by atoms with Gasteiger partial charge in [0.2, 0.25) is 0 Å². The number of pyridine rings is 1. The molecular weight excluding hydrogens is 368 g/mol. The molecule has 0 N–H and O–H groups in total. The largest absolute Gasteiger partial charge is 0.497 e. The van der Waals surface area contributed by atoms with Gasteiger partial charge in [0.05, 0.1) is 13.4 Å². The smallest absolute Gasteiger partial charge is 0.289 e. The van der Waals surface area contributed by atoms with Gasteiger partial charge in [-0.15, -0.1) is 0 Å². The molecular formula is C23H22N2O4. The van der Waals surface area contributed by atoms with E-state index in [0.717, 1.165) is 29.0 Å². The molecule has 6 nitrogen and oxygen atoms in total. The van der Waals surface area contributed by atoms with Crippen molar-refractivity contribution >= 4 is 5.91 Å². The quantitative estimate of drug-likeness (QED) is 0.688. The third kappa shape index (κ3) is 3.05. The van der Waals surface area contributed by atoms with E-state index in [9.17, 15) is 9.59 Å². The zero-order valence-corrected chi connectivity index (χ0v) is 16.2. The second kappa shape index (κ2) is 6.95. The van der Waals surface area contributed by atoms with Crippen LogP contribution in [0.2, 0.25) is 0 Å². The Balaban J connectivity index is 1.54. The molecule has 1 amide bonds. The van der Waals surface area contributed by atoms with Crippen molar-refractivity contribution in [2.45, 2.75) is 18.9 Å². The number of fused-ring (bicyclic) bond motifs is 4. The van der Waals surface area contributed by atoms with Crippen LogP contribution >= 0.6 is 0 Å². The third-order valence-corrected chi connectivity index (χ3v) is 6.01. The molecule has 0 radical (unpaired) electrons. The maximum atomic E-state index is 12.8. The first-order valence-corrected chi connectivity index (χ1v) is 9.85. The molecule has 3 aromatic rings. The lowest BCUT2D eigenvalue weighted by atomic mass is 9.80. The van der Waals surface area contributed by atoms with Gasteiger partial charge in [0.25, 0.3) is 11.5 Å². The van der Waals surface area contributed by atoms with Gasteiger partial charge in [0.15, 0.2) is 5.76 Å². The molecule has 2 aliphatic rings. The summed E-state index contributed by atoms with van der Waals surface area (Å²) in [6.45, 7) is 1.87. The summed E-state index contributed by atoms with van der Waals surface area (Å²) < 4.78 is 12.5. The second-order valence-corrected chi connectivity index (χ2v) is 7.80. The Morgan fingerprint density at radius 1 is 1.07 bits per heavy atom. The van der Waals surface area contributed by atoms with E-state index in [4.69, 9.17) is 9.15 Å². The monoisotopic (exact) mass is 390 g/mol. The summed E-state index contributed by atoms with van der Waals surface area (Å²) in [7, 11) is 1.64. The summed E-state index contributed by atoms with van der Waals surface area (Å²) >= 11 is 0. The average Bonchev–Trinajstić information content (AvgIpc) is 3.29. The molecule has 2 aromatic heterocycles. The van der Waals surface area contributed by atoms with E-state index >= 15 is 0 Å². The van der Waals surface area contributed by atoms with E-state index in [1.807, 2.05) is 39.8 Å². The number of carbonyl (C=O) groups excluding carboxylic acids is 1. The van der Waals surface area contributed by atoms with Gasteiger partial charge in [-0.05, 0) is 48.2 Å². The number of rotatable bonds is 3. The Hall–Kier alpha value is -3.28. The highest BCUT2D eigenvalue weighted by Crippen LogP contribution is 2.40. The number of furan rings is 1. The fraction of sp³-hybridized carbons (Fsp3) is 0.304. The van der Waals surface area contributed by atoms with Crippen LogP contribution in [0, 0.1) is 5.92 Å². The van der Waals surface area contributed by atoms with E-state index in [0.29, 0.717) is 25.4 Å². The van der Waals surface area contributed by atoms with E-state index in [2.05, 4.69) is 0 Å². The minimum atomic E-state index is -0.0811. The van der Waals surface area contributed by atoms with Crippen LogP contribution in [0.15, 0.2) is 64.0 Å². The standard InChI is InChI=1S/C23H22N2O4/c1-28-18-6-4-16(5-7-18)19-8-9-21(26)25-13-15-11-17(22(19)25)14-24(12-15)23(27)20-3-2-10-29-20/h2-10,15,17H,11-14H2,1H3/t15-,17-/m0/s1. The molecule has 148 valence electrons. The molecule has 0 saturated carbocycles. The Morgan fingerprint density at radius 3 is 2.62 bits per heavy atom. The molecule has 6 heteroatoms. The van der Waals surface area contributed by atoms with Crippen LogP contribution in [0.5, 0.6) is 5.75 Å². The van der Waals surface area contributed by atoms with Gasteiger partial charge in [0.1, 0.15) is 5.75 Å². The summed E-state index contributed by atoms with van der Waals surface area (Å²) in [6.07, 6.45) is 2.50. The summed E-state index contributed by atoms with van der Waals surface area (Å²) in [4.78, 5) is 27.3. The first-order valence-electron chi connectivity index (χ1n) is 9.85. The first kappa shape index (κ1) is 17.8. The van der Waals surface area contributed by atoms with Crippen molar-refractivity contribution in [3.05, 3.63) is 76.6 Å². The fourth-order valence-corrected chi connectivity index (χ4v) is 4.75. The van der Waals surface area contributed by atoms with Crippen molar-refractivity contribution in [1.82, 2.24) is 9.47 Å².